The maximum atomic E-state index is 13.9. The van der Waals surface area contributed by atoms with Gasteiger partial charge in [-0.1, -0.05) is 18.5 Å². The average molecular weight is 459 g/mol. The van der Waals surface area contributed by atoms with E-state index in [1.165, 1.54) is 4.90 Å². The molecule has 2 aliphatic heterocycles. The minimum absolute atomic E-state index is 0.0249. The first kappa shape index (κ1) is 22.0. The molecule has 0 spiro atoms. The Morgan fingerprint density at radius 2 is 1.97 bits per heavy atom. The SMILES string of the molecule is CCCC(=O)OC1C2CN(c3nc(N4C[C@@H](O)[C@@H]4C)c(C#N)c(C(F)(F)F)c3Cl)CC21. The summed E-state index contributed by atoms with van der Waals surface area (Å²) in [6.45, 7) is 4.34. The van der Waals surface area contributed by atoms with E-state index in [2.05, 4.69) is 4.98 Å². The number of nitrogens with zero attached hydrogens (tertiary/aromatic N) is 4. The number of rotatable bonds is 5. The molecule has 7 nitrogen and oxygen atoms in total. The molecule has 1 aromatic rings. The lowest BCUT2D eigenvalue weighted by atomic mass is 9.99. The predicted octanol–water partition coefficient (Wildman–Crippen LogP) is 2.97. The Hall–Kier alpha value is -2.25. The molecule has 1 aromatic heterocycles. The van der Waals surface area contributed by atoms with Crippen molar-refractivity contribution in [2.45, 2.75) is 51.1 Å². The number of carbonyl (C=O) groups is 1. The van der Waals surface area contributed by atoms with Crippen molar-refractivity contribution in [2.75, 3.05) is 29.4 Å². The van der Waals surface area contributed by atoms with Crippen molar-refractivity contribution < 1.29 is 27.8 Å². The number of hydrogen-bond acceptors (Lipinski definition) is 7. The van der Waals surface area contributed by atoms with Crippen LogP contribution < -0.4 is 9.80 Å². The third-order valence-corrected chi connectivity index (χ3v) is 6.70. The maximum Gasteiger partial charge on any atom is 0.419 e. The number of alkyl halides is 3. The standard InChI is InChI=1S/C20H22ClF3N4O3/c1-3-4-14(30)31-17-11-6-27(7-12(11)17)19-16(21)15(20(22,23)24)10(5-25)18(26-19)28-8-13(29)9(28)2/h9,11-13,17,29H,3-4,6-8H2,1-2H3/t9-,11?,12?,13+,17?/m0/s1. The molecule has 0 amide bonds. The van der Waals surface area contributed by atoms with E-state index in [0.29, 0.717) is 25.9 Å². The molecule has 2 saturated heterocycles. The Morgan fingerprint density at radius 1 is 1.32 bits per heavy atom. The number of aromatic nitrogens is 1. The minimum atomic E-state index is -4.85. The second kappa shape index (κ2) is 7.71. The zero-order chi connectivity index (χ0) is 22.7. The normalized spacial score (nSPS) is 29.3. The van der Waals surface area contributed by atoms with Gasteiger partial charge in [0.1, 0.15) is 23.6 Å². The Labute approximate surface area is 182 Å². The molecule has 1 aliphatic carbocycles. The number of esters is 1. The van der Waals surface area contributed by atoms with Crippen LogP contribution in [0.5, 0.6) is 0 Å². The third-order valence-electron chi connectivity index (χ3n) is 6.34. The number of anilines is 2. The summed E-state index contributed by atoms with van der Waals surface area (Å²) in [5.74, 6) is -0.385. The molecule has 3 fully saturated rings. The number of β-amino-alcohol motifs (C(OH)–C–C–N with tert-alkyl or cyclic N) is 1. The molecule has 0 aromatic carbocycles. The molecule has 1 saturated carbocycles. The average Bonchev–Trinajstić information content (AvgIpc) is 3.12. The van der Waals surface area contributed by atoms with Gasteiger partial charge in [-0.05, 0) is 13.3 Å². The van der Waals surface area contributed by atoms with Gasteiger partial charge in [0.05, 0.1) is 22.7 Å². The number of carbonyl (C=O) groups excluding carboxylic acids is 1. The topological polar surface area (TPSA) is 89.7 Å². The highest BCUT2D eigenvalue weighted by molar-refractivity contribution is 6.34. The molecule has 31 heavy (non-hydrogen) atoms. The van der Waals surface area contributed by atoms with Crippen LogP contribution in [-0.2, 0) is 15.7 Å². The van der Waals surface area contributed by atoms with E-state index in [9.17, 15) is 28.3 Å². The first-order valence-electron chi connectivity index (χ1n) is 10.2. The van der Waals surface area contributed by atoms with Crippen molar-refractivity contribution in [1.82, 2.24) is 4.98 Å². The number of nitriles is 1. The predicted molar refractivity (Wildman–Crippen MR) is 106 cm³/mol. The molecule has 2 unspecified atom stereocenters. The summed E-state index contributed by atoms with van der Waals surface area (Å²) in [4.78, 5) is 19.2. The van der Waals surface area contributed by atoms with E-state index in [4.69, 9.17) is 16.3 Å². The summed E-state index contributed by atoms with van der Waals surface area (Å²) >= 11 is 6.16. The van der Waals surface area contributed by atoms with Gasteiger partial charge in [0.25, 0.3) is 0 Å². The Kier molecular flexibility index (Phi) is 5.46. The number of aliphatic hydroxyl groups is 1. The van der Waals surface area contributed by atoms with Crippen LogP contribution in [0.4, 0.5) is 24.8 Å². The van der Waals surface area contributed by atoms with Gasteiger partial charge >= 0.3 is 12.1 Å². The first-order valence-corrected chi connectivity index (χ1v) is 10.6. The highest BCUT2D eigenvalue weighted by Crippen LogP contribution is 2.52. The van der Waals surface area contributed by atoms with Gasteiger partial charge < -0.3 is 19.6 Å². The molecular weight excluding hydrogens is 437 g/mol. The van der Waals surface area contributed by atoms with Crippen LogP contribution in [0.25, 0.3) is 0 Å². The molecule has 4 atom stereocenters. The van der Waals surface area contributed by atoms with Gasteiger partial charge in [0.15, 0.2) is 5.82 Å². The Morgan fingerprint density at radius 3 is 2.45 bits per heavy atom. The van der Waals surface area contributed by atoms with Crippen molar-refractivity contribution in [3.63, 3.8) is 0 Å². The summed E-state index contributed by atoms with van der Waals surface area (Å²) in [5, 5.41) is 18.7. The molecule has 3 heterocycles. The smallest absolute Gasteiger partial charge is 0.419 e. The van der Waals surface area contributed by atoms with Crippen LogP contribution >= 0.6 is 11.6 Å². The summed E-state index contributed by atoms with van der Waals surface area (Å²) in [7, 11) is 0. The van der Waals surface area contributed by atoms with E-state index < -0.39 is 34.5 Å². The fraction of sp³-hybridized carbons (Fsp3) is 0.650. The second-order valence-corrected chi connectivity index (χ2v) is 8.71. The lowest BCUT2D eigenvalue weighted by Crippen LogP contribution is -2.59. The molecular formula is C20H22ClF3N4O3. The van der Waals surface area contributed by atoms with E-state index >= 15 is 0 Å². The summed E-state index contributed by atoms with van der Waals surface area (Å²) < 4.78 is 47.0. The lowest BCUT2D eigenvalue weighted by Gasteiger charge is -2.45. The molecule has 3 aliphatic rings. The quantitative estimate of drug-likeness (QED) is 0.678. The van der Waals surface area contributed by atoms with E-state index in [0.717, 1.165) is 0 Å². The Bertz CT molecular complexity index is 939. The van der Waals surface area contributed by atoms with Crippen molar-refractivity contribution in [3.05, 3.63) is 16.1 Å². The fourth-order valence-corrected chi connectivity index (χ4v) is 4.80. The summed E-state index contributed by atoms with van der Waals surface area (Å²) in [6, 6.07) is 1.14. The number of piperidine rings is 1. The molecule has 0 bridgehead atoms. The summed E-state index contributed by atoms with van der Waals surface area (Å²) in [5.41, 5.74) is -1.85. The lowest BCUT2D eigenvalue weighted by molar-refractivity contribution is -0.146. The van der Waals surface area contributed by atoms with Gasteiger partial charge in [-0.15, -0.1) is 0 Å². The van der Waals surface area contributed by atoms with E-state index in [1.54, 1.807) is 17.9 Å². The van der Waals surface area contributed by atoms with Crippen LogP contribution in [0, 0.1) is 23.2 Å². The third kappa shape index (κ3) is 3.68. The molecule has 168 valence electrons. The highest BCUT2D eigenvalue weighted by atomic mass is 35.5. The largest absolute Gasteiger partial charge is 0.462 e. The van der Waals surface area contributed by atoms with Crippen LogP contribution in [0.3, 0.4) is 0 Å². The van der Waals surface area contributed by atoms with Crippen molar-refractivity contribution in [1.29, 1.82) is 5.26 Å². The maximum absolute atomic E-state index is 13.9. The number of ether oxygens (including phenoxy) is 1. The number of halogens is 4. The van der Waals surface area contributed by atoms with Gasteiger partial charge in [-0.3, -0.25) is 4.79 Å². The summed E-state index contributed by atoms with van der Waals surface area (Å²) in [6.07, 6.45) is -4.76. The molecule has 4 rings (SSSR count). The van der Waals surface area contributed by atoms with Crippen molar-refractivity contribution in [3.8, 4) is 6.07 Å². The Balaban J connectivity index is 1.64. The van der Waals surface area contributed by atoms with Gasteiger partial charge in [-0.2, -0.15) is 18.4 Å². The van der Waals surface area contributed by atoms with E-state index in [1.807, 2.05) is 6.92 Å². The van der Waals surface area contributed by atoms with Gasteiger partial charge in [-0.25, -0.2) is 4.98 Å². The van der Waals surface area contributed by atoms with Gasteiger partial charge in [0.2, 0.25) is 0 Å². The first-order chi connectivity index (χ1) is 14.6. The number of aliphatic hydroxyl groups excluding tert-OH is 1. The van der Waals surface area contributed by atoms with Crippen LogP contribution in [0.15, 0.2) is 0 Å². The van der Waals surface area contributed by atoms with Crippen molar-refractivity contribution in [2.24, 2.45) is 11.8 Å². The fourth-order valence-electron chi connectivity index (χ4n) is 4.43. The zero-order valence-electron chi connectivity index (χ0n) is 17.0. The van der Waals surface area contributed by atoms with Crippen LogP contribution in [0.1, 0.15) is 37.8 Å². The van der Waals surface area contributed by atoms with Crippen molar-refractivity contribution >= 4 is 29.2 Å². The zero-order valence-corrected chi connectivity index (χ0v) is 17.7. The molecule has 11 heteroatoms. The second-order valence-electron chi connectivity index (χ2n) is 8.33. The van der Waals surface area contributed by atoms with Gasteiger partial charge in [0, 0.05) is 37.9 Å². The minimum Gasteiger partial charge on any atom is -0.462 e. The van der Waals surface area contributed by atoms with Crippen LogP contribution in [-0.4, -0.2) is 53.9 Å². The number of fused-ring (bicyclic) bond motifs is 1. The molecule has 1 N–H and O–H groups in total. The van der Waals surface area contributed by atoms with Crippen LogP contribution in [0.2, 0.25) is 5.02 Å². The molecule has 0 radical (unpaired) electrons. The number of hydrogen-bond donors (Lipinski definition) is 1. The monoisotopic (exact) mass is 458 g/mol. The van der Waals surface area contributed by atoms with E-state index in [-0.39, 0.29) is 42.1 Å². The highest BCUT2D eigenvalue weighted by Gasteiger charge is 2.59. The number of pyridine rings is 1.